The highest BCUT2D eigenvalue weighted by Crippen LogP contribution is 2.48. The molecule has 3 aliphatic rings. The molecule has 7 heteroatoms. The Morgan fingerprint density at radius 3 is 2.96 bits per heavy atom. The zero-order valence-electron chi connectivity index (χ0n) is 15.8. The van der Waals surface area contributed by atoms with Crippen molar-refractivity contribution in [2.45, 2.75) is 18.9 Å². The molecule has 0 saturated carbocycles. The summed E-state index contributed by atoms with van der Waals surface area (Å²) in [7, 11) is 0. The molecule has 2 saturated heterocycles. The van der Waals surface area contributed by atoms with Gasteiger partial charge in [0.05, 0.1) is 12.5 Å². The molecule has 1 aromatic carbocycles. The lowest BCUT2D eigenvalue weighted by molar-refractivity contribution is -0.121. The van der Waals surface area contributed by atoms with Crippen LogP contribution in [0.4, 0.5) is 5.13 Å². The number of ether oxygens (including phenoxy) is 2. The van der Waals surface area contributed by atoms with Crippen LogP contribution in [-0.4, -0.2) is 48.7 Å². The van der Waals surface area contributed by atoms with E-state index in [1.807, 2.05) is 17.5 Å². The van der Waals surface area contributed by atoms with Crippen LogP contribution >= 0.6 is 11.3 Å². The number of fused-ring (bicyclic) bond motifs is 3. The van der Waals surface area contributed by atoms with Crippen molar-refractivity contribution < 1.29 is 14.3 Å². The van der Waals surface area contributed by atoms with Gasteiger partial charge in [-0.2, -0.15) is 0 Å². The largest absolute Gasteiger partial charge is 0.493 e. The number of rotatable bonds is 4. The van der Waals surface area contributed by atoms with E-state index >= 15 is 0 Å². The van der Waals surface area contributed by atoms with Gasteiger partial charge in [-0.3, -0.25) is 9.69 Å². The molecule has 6 nitrogen and oxygen atoms in total. The van der Waals surface area contributed by atoms with Gasteiger partial charge in [-0.15, -0.1) is 11.3 Å². The van der Waals surface area contributed by atoms with E-state index in [4.69, 9.17) is 9.47 Å². The lowest BCUT2D eigenvalue weighted by atomic mass is 9.84. The molecule has 1 aromatic heterocycles. The molecule has 1 N–H and O–H groups in total. The monoisotopic (exact) mass is 399 g/mol. The molecule has 0 radical (unpaired) electrons. The number of hydrogen-bond acceptors (Lipinski definition) is 6. The highest BCUT2D eigenvalue weighted by atomic mass is 32.1. The van der Waals surface area contributed by atoms with E-state index in [9.17, 15) is 4.79 Å². The van der Waals surface area contributed by atoms with E-state index in [1.165, 1.54) is 16.9 Å². The Kier molecular flexibility index (Phi) is 5.05. The van der Waals surface area contributed by atoms with Gasteiger partial charge in [0.15, 0.2) is 5.13 Å². The number of aromatic nitrogens is 1. The van der Waals surface area contributed by atoms with Crippen LogP contribution in [-0.2, 0) is 9.53 Å². The average Bonchev–Trinajstić information content (AvgIpc) is 3.37. The topological polar surface area (TPSA) is 63.7 Å². The van der Waals surface area contributed by atoms with Crippen LogP contribution in [0.3, 0.4) is 0 Å². The van der Waals surface area contributed by atoms with Crippen molar-refractivity contribution >= 4 is 22.4 Å². The molecular formula is C21H25N3O3S. The van der Waals surface area contributed by atoms with Gasteiger partial charge in [-0.05, 0) is 24.8 Å². The minimum absolute atomic E-state index is 0.0578. The zero-order chi connectivity index (χ0) is 18.9. The standard InChI is InChI=1S/C21H25N3O3S/c25-20(23-21-22-7-10-28-21)16-12-24(11-14-5-8-26-9-6-14)19-15-3-1-2-4-18(15)27-13-17(16)19/h1-4,7,10,14,16-17,19H,5-6,8-9,11-13H2,(H,22,23,25)/t16-,17+,19+/m1/s1. The van der Waals surface area contributed by atoms with E-state index in [2.05, 4.69) is 27.3 Å². The molecule has 0 aliphatic carbocycles. The second-order valence-corrected chi connectivity index (χ2v) is 8.79. The minimum atomic E-state index is -0.0953. The van der Waals surface area contributed by atoms with Crippen molar-refractivity contribution in [1.29, 1.82) is 0 Å². The van der Waals surface area contributed by atoms with Crippen LogP contribution in [0, 0.1) is 17.8 Å². The lowest BCUT2D eigenvalue weighted by Crippen LogP contribution is -2.36. The summed E-state index contributed by atoms with van der Waals surface area (Å²) < 4.78 is 11.6. The SMILES string of the molecule is O=C(Nc1nccs1)[C@@H]1CN(CC2CCOCC2)[C@H]2c3ccccc3OC[C@@H]12. The van der Waals surface area contributed by atoms with E-state index < -0.39 is 0 Å². The van der Waals surface area contributed by atoms with E-state index in [-0.39, 0.29) is 23.8 Å². The smallest absolute Gasteiger partial charge is 0.231 e. The van der Waals surface area contributed by atoms with Gasteiger partial charge < -0.3 is 14.8 Å². The van der Waals surface area contributed by atoms with E-state index in [0.717, 1.165) is 44.9 Å². The number of anilines is 1. The first-order valence-electron chi connectivity index (χ1n) is 10.0. The number of amides is 1. The number of benzene rings is 1. The van der Waals surface area contributed by atoms with Crippen LogP contribution in [0.5, 0.6) is 5.75 Å². The highest BCUT2D eigenvalue weighted by molar-refractivity contribution is 7.13. The summed E-state index contributed by atoms with van der Waals surface area (Å²) in [6, 6.07) is 8.52. The Labute approximate surface area is 168 Å². The van der Waals surface area contributed by atoms with Gasteiger partial charge in [0.25, 0.3) is 0 Å². The number of nitrogens with zero attached hydrogens (tertiary/aromatic N) is 2. The number of hydrogen-bond donors (Lipinski definition) is 1. The molecule has 4 heterocycles. The maximum absolute atomic E-state index is 13.1. The molecule has 0 spiro atoms. The van der Waals surface area contributed by atoms with Gasteiger partial charge in [0, 0.05) is 55.4 Å². The number of carbonyl (C=O) groups excluding carboxylic acids is 1. The van der Waals surface area contributed by atoms with Crippen molar-refractivity contribution in [3.8, 4) is 5.75 Å². The molecule has 2 fully saturated rings. The molecule has 0 bridgehead atoms. The number of thiazole rings is 1. The van der Waals surface area contributed by atoms with Crippen molar-refractivity contribution in [3.63, 3.8) is 0 Å². The third-order valence-electron chi connectivity index (χ3n) is 6.25. The summed E-state index contributed by atoms with van der Waals surface area (Å²) in [5.74, 6) is 1.71. The van der Waals surface area contributed by atoms with Crippen LogP contribution < -0.4 is 10.1 Å². The molecular weight excluding hydrogens is 374 g/mol. The van der Waals surface area contributed by atoms with Gasteiger partial charge in [-0.25, -0.2) is 4.98 Å². The predicted octanol–water partition coefficient (Wildman–Crippen LogP) is 3.19. The summed E-state index contributed by atoms with van der Waals surface area (Å²) in [5, 5.41) is 5.56. The molecule has 0 unspecified atom stereocenters. The normalized spacial score (nSPS) is 27.6. The first-order valence-corrected chi connectivity index (χ1v) is 10.9. The van der Waals surface area contributed by atoms with Crippen molar-refractivity contribution in [2.24, 2.45) is 17.8 Å². The van der Waals surface area contributed by atoms with Crippen LogP contribution in [0.1, 0.15) is 24.4 Å². The van der Waals surface area contributed by atoms with Gasteiger partial charge >= 0.3 is 0 Å². The number of nitrogens with one attached hydrogen (secondary N) is 1. The molecule has 3 aliphatic heterocycles. The van der Waals surface area contributed by atoms with Gasteiger partial charge in [-0.1, -0.05) is 18.2 Å². The van der Waals surface area contributed by atoms with Gasteiger partial charge in [0.1, 0.15) is 5.75 Å². The minimum Gasteiger partial charge on any atom is -0.493 e. The highest BCUT2D eigenvalue weighted by Gasteiger charge is 2.49. The Hall–Kier alpha value is -1.96. The second-order valence-electron chi connectivity index (χ2n) is 7.90. The van der Waals surface area contributed by atoms with Crippen LogP contribution in [0.2, 0.25) is 0 Å². The van der Waals surface area contributed by atoms with Crippen molar-refractivity contribution in [1.82, 2.24) is 9.88 Å². The molecule has 148 valence electrons. The number of carbonyl (C=O) groups is 1. The van der Waals surface area contributed by atoms with Gasteiger partial charge in [0.2, 0.25) is 5.91 Å². The molecule has 3 atom stereocenters. The third-order valence-corrected chi connectivity index (χ3v) is 6.94. The fourth-order valence-electron chi connectivity index (χ4n) is 4.88. The molecule has 28 heavy (non-hydrogen) atoms. The molecule has 1 amide bonds. The van der Waals surface area contributed by atoms with E-state index in [1.54, 1.807) is 6.20 Å². The summed E-state index contributed by atoms with van der Waals surface area (Å²) >= 11 is 1.46. The van der Waals surface area contributed by atoms with Crippen molar-refractivity contribution in [2.75, 3.05) is 38.2 Å². The summed E-state index contributed by atoms with van der Waals surface area (Å²) in [6.45, 7) is 4.06. The Morgan fingerprint density at radius 2 is 2.14 bits per heavy atom. The average molecular weight is 400 g/mol. The van der Waals surface area contributed by atoms with Crippen LogP contribution in [0.15, 0.2) is 35.8 Å². The lowest BCUT2D eigenvalue weighted by Gasteiger charge is -2.36. The Morgan fingerprint density at radius 1 is 1.29 bits per heavy atom. The van der Waals surface area contributed by atoms with E-state index in [0.29, 0.717) is 17.7 Å². The fraction of sp³-hybridized carbons (Fsp3) is 0.524. The molecule has 5 rings (SSSR count). The quantitative estimate of drug-likeness (QED) is 0.855. The second kappa shape index (κ2) is 7.81. The maximum Gasteiger partial charge on any atom is 0.231 e. The zero-order valence-corrected chi connectivity index (χ0v) is 16.6. The molecule has 2 aromatic rings. The summed E-state index contributed by atoms with van der Waals surface area (Å²) in [5.41, 5.74) is 1.22. The third kappa shape index (κ3) is 3.43. The predicted molar refractivity (Wildman–Crippen MR) is 108 cm³/mol. The Balaban J connectivity index is 1.40. The number of para-hydroxylation sites is 1. The maximum atomic E-state index is 13.1. The van der Waals surface area contributed by atoms with Crippen LogP contribution in [0.25, 0.3) is 0 Å². The van der Waals surface area contributed by atoms with Crippen molar-refractivity contribution in [3.05, 3.63) is 41.4 Å². The summed E-state index contributed by atoms with van der Waals surface area (Å²) in [6.07, 6.45) is 3.92. The first-order chi connectivity index (χ1) is 13.8. The summed E-state index contributed by atoms with van der Waals surface area (Å²) in [4.78, 5) is 19.8. The first kappa shape index (κ1) is 18.1. The number of likely N-dealkylation sites (tertiary alicyclic amines) is 1. The fourth-order valence-corrected chi connectivity index (χ4v) is 5.41. The Bertz CT molecular complexity index is 822.